The lowest BCUT2D eigenvalue weighted by molar-refractivity contribution is 0.341. The van der Waals surface area contributed by atoms with E-state index in [1.54, 1.807) is 6.20 Å². The summed E-state index contributed by atoms with van der Waals surface area (Å²) in [5.41, 5.74) is 1.22. The molecule has 0 aliphatic heterocycles. The van der Waals surface area contributed by atoms with Crippen molar-refractivity contribution in [3.63, 3.8) is 0 Å². The quantitative estimate of drug-likeness (QED) is 0.681. The first-order valence-corrected chi connectivity index (χ1v) is 5.03. The molecule has 1 aromatic rings. The van der Waals surface area contributed by atoms with E-state index < -0.39 is 0 Å². The Hall–Kier alpha value is -0.760. The molecule has 1 rings (SSSR count). The highest BCUT2D eigenvalue weighted by Crippen LogP contribution is 2.12. The molecule has 13 heavy (non-hydrogen) atoms. The van der Waals surface area contributed by atoms with Gasteiger partial charge in [0.25, 0.3) is 0 Å². The number of nitrogens with zero attached hydrogens (tertiary/aromatic N) is 1. The van der Waals surface area contributed by atoms with Gasteiger partial charge in [-0.15, -0.1) is 11.6 Å². The molecule has 0 amide bonds. The van der Waals surface area contributed by atoms with Crippen molar-refractivity contribution in [2.24, 2.45) is 0 Å². The van der Waals surface area contributed by atoms with E-state index in [0.717, 1.165) is 18.6 Å². The third-order valence-corrected chi connectivity index (χ3v) is 1.81. The zero-order chi connectivity index (χ0) is 9.52. The summed E-state index contributed by atoms with van der Waals surface area (Å²) >= 11 is 5.51. The SMILES string of the molecule is CCCc1cncc(OCCCl)c1. The summed E-state index contributed by atoms with van der Waals surface area (Å²) < 4.78 is 5.35. The van der Waals surface area contributed by atoms with Crippen LogP contribution < -0.4 is 4.74 Å². The van der Waals surface area contributed by atoms with E-state index in [0.29, 0.717) is 12.5 Å². The third kappa shape index (κ3) is 3.64. The van der Waals surface area contributed by atoms with Crippen LogP contribution in [0.5, 0.6) is 5.75 Å². The number of aromatic nitrogens is 1. The Kier molecular flexibility index (Phi) is 4.61. The Balaban J connectivity index is 2.56. The topological polar surface area (TPSA) is 22.1 Å². The smallest absolute Gasteiger partial charge is 0.137 e. The molecule has 0 fully saturated rings. The number of pyridine rings is 1. The van der Waals surface area contributed by atoms with Crippen LogP contribution in [-0.2, 0) is 6.42 Å². The minimum absolute atomic E-state index is 0.512. The highest BCUT2D eigenvalue weighted by Gasteiger charge is 1.96. The average molecular weight is 200 g/mol. The first-order chi connectivity index (χ1) is 6.36. The standard InChI is InChI=1S/C10H14ClNO/c1-2-3-9-6-10(8-12-7-9)13-5-4-11/h6-8H,2-5H2,1H3. The van der Waals surface area contributed by atoms with E-state index in [-0.39, 0.29) is 0 Å². The number of hydrogen-bond acceptors (Lipinski definition) is 2. The van der Waals surface area contributed by atoms with Crippen molar-refractivity contribution in [3.05, 3.63) is 24.0 Å². The van der Waals surface area contributed by atoms with Gasteiger partial charge in [0, 0.05) is 6.20 Å². The van der Waals surface area contributed by atoms with Gasteiger partial charge < -0.3 is 4.74 Å². The molecule has 0 spiro atoms. The molecular weight excluding hydrogens is 186 g/mol. The molecular formula is C10H14ClNO. The molecule has 0 saturated heterocycles. The van der Waals surface area contributed by atoms with Gasteiger partial charge in [0.05, 0.1) is 12.1 Å². The molecule has 0 unspecified atom stereocenters. The zero-order valence-electron chi connectivity index (χ0n) is 7.79. The van der Waals surface area contributed by atoms with Crippen molar-refractivity contribution in [1.29, 1.82) is 0 Å². The van der Waals surface area contributed by atoms with Gasteiger partial charge in [-0.2, -0.15) is 0 Å². The summed E-state index contributed by atoms with van der Waals surface area (Å²) in [4.78, 5) is 4.09. The number of alkyl halides is 1. The lowest BCUT2D eigenvalue weighted by Crippen LogP contribution is -1.99. The molecule has 0 aliphatic carbocycles. The Morgan fingerprint density at radius 1 is 1.46 bits per heavy atom. The molecule has 0 aliphatic rings. The number of hydrogen-bond donors (Lipinski definition) is 0. The second-order valence-electron chi connectivity index (χ2n) is 2.82. The fraction of sp³-hybridized carbons (Fsp3) is 0.500. The number of halogens is 1. The van der Waals surface area contributed by atoms with Crippen LogP contribution in [-0.4, -0.2) is 17.5 Å². The van der Waals surface area contributed by atoms with Crippen molar-refractivity contribution in [2.75, 3.05) is 12.5 Å². The highest BCUT2D eigenvalue weighted by atomic mass is 35.5. The fourth-order valence-corrected chi connectivity index (χ4v) is 1.20. The van der Waals surface area contributed by atoms with Crippen LogP contribution in [0.2, 0.25) is 0 Å². The molecule has 0 N–H and O–H groups in total. The fourth-order valence-electron chi connectivity index (χ4n) is 1.12. The van der Waals surface area contributed by atoms with Gasteiger partial charge in [0.2, 0.25) is 0 Å². The summed E-state index contributed by atoms with van der Waals surface area (Å²) in [6.45, 7) is 2.69. The second-order valence-corrected chi connectivity index (χ2v) is 3.19. The van der Waals surface area contributed by atoms with Crippen LogP contribution in [0, 0.1) is 0 Å². The summed E-state index contributed by atoms with van der Waals surface area (Å²) in [5.74, 6) is 1.32. The molecule has 0 radical (unpaired) electrons. The Morgan fingerprint density at radius 2 is 2.31 bits per heavy atom. The predicted molar refractivity (Wildman–Crippen MR) is 54.4 cm³/mol. The first-order valence-electron chi connectivity index (χ1n) is 4.49. The normalized spacial score (nSPS) is 10.0. The van der Waals surface area contributed by atoms with Crippen LogP contribution >= 0.6 is 11.6 Å². The molecule has 3 heteroatoms. The molecule has 0 saturated carbocycles. The van der Waals surface area contributed by atoms with Crippen molar-refractivity contribution in [1.82, 2.24) is 4.98 Å². The predicted octanol–water partition coefficient (Wildman–Crippen LogP) is 2.65. The lowest BCUT2D eigenvalue weighted by Gasteiger charge is -2.04. The molecule has 72 valence electrons. The van der Waals surface area contributed by atoms with E-state index in [4.69, 9.17) is 16.3 Å². The van der Waals surface area contributed by atoms with Gasteiger partial charge in [-0.1, -0.05) is 13.3 Å². The summed E-state index contributed by atoms with van der Waals surface area (Å²) in [7, 11) is 0. The van der Waals surface area contributed by atoms with E-state index in [2.05, 4.69) is 11.9 Å². The number of aryl methyl sites for hydroxylation is 1. The molecule has 0 aromatic carbocycles. The van der Waals surface area contributed by atoms with E-state index in [1.165, 1.54) is 5.56 Å². The molecule has 0 bridgehead atoms. The molecule has 0 atom stereocenters. The average Bonchev–Trinajstić information content (AvgIpc) is 2.16. The Bertz CT molecular complexity index is 252. The highest BCUT2D eigenvalue weighted by molar-refractivity contribution is 6.17. The minimum atomic E-state index is 0.512. The van der Waals surface area contributed by atoms with Gasteiger partial charge in [-0.05, 0) is 18.1 Å². The lowest BCUT2D eigenvalue weighted by atomic mass is 10.2. The maximum Gasteiger partial charge on any atom is 0.137 e. The van der Waals surface area contributed by atoms with Crippen LogP contribution in [0.4, 0.5) is 0 Å². The van der Waals surface area contributed by atoms with Gasteiger partial charge in [-0.3, -0.25) is 4.98 Å². The maximum atomic E-state index is 5.51. The summed E-state index contributed by atoms with van der Waals surface area (Å²) in [6.07, 6.45) is 5.76. The van der Waals surface area contributed by atoms with E-state index >= 15 is 0 Å². The molecule has 1 heterocycles. The largest absolute Gasteiger partial charge is 0.491 e. The van der Waals surface area contributed by atoms with Crippen molar-refractivity contribution in [3.8, 4) is 5.75 Å². The number of rotatable bonds is 5. The zero-order valence-corrected chi connectivity index (χ0v) is 8.55. The molecule has 2 nitrogen and oxygen atoms in total. The maximum absolute atomic E-state index is 5.51. The first kappa shape index (κ1) is 10.3. The van der Waals surface area contributed by atoms with Gasteiger partial charge in [0.1, 0.15) is 12.4 Å². The van der Waals surface area contributed by atoms with Crippen LogP contribution in [0.3, 0.4) is 0 Å². The van der Waals surface area contributed by atoms with Gasteiger partial charge >= 0.3 is 0 Å². The van der Waals surface area contributed by atoms with E-state index in [1.807, 2.05) is 12.3 Å². The second kappa shape index (κ2) is 5.81. The van der Waals surface area contributed by atoms with Crippen LogP contribution in [0.1, 0.15) is 18.9 Å². The van der Waals surface area contributed by atoms with Crippen LogP contribution in [0.15, 0.2) is 18.5 Å². The van der Waals surface area contributed by atoms with Crippen molar-refractivity contribution < 1.29 is 4.74 Å². The minimum Gasteiger partial charge on any atom is -0.491 e. The van der Waals surface area contributed by atoms with Crippen molar-refractivity contribution in [2.45, 2.75) is 19.8 Å². The third-order valence-electron chi connectivity index (χ3n) is 1.65. The van der Waals surface area contributed by atoms with E-state index in [9.17, 15) is 0 Å². The van der Waals surface area contributed by atoms with Crippen molar-refractivity contribution >= 4 is 11.6 Å². The molecule has 1 aromatic heterocycles. The monoisotopic (exact) mass is 199 g/mol. The van der Waals surface area contributed by atoms with Crippen LogP contribution in [0.25, 0.3) is 0 Å². The summed E-state index contributed by atoms with van der Waals surface area (Å²) in [5, 5.41) is 0. The number of ether oxygens (including phenoxy) is 1. The van der Waals surface area contributed by atoms with Gasteiger partial charge in [0.15, 0.2) is 0 Å². The summed E-state index contributed by atoms with van der Waals surface area (Å²) in [6, 6.07) is 2.02. The Labute approximate surface area is 83.9 Å². The van der Waals surface area contributed by atoms with Gasteiger partial charge in [-0.25, -0.2) is 0 Å². The Morgan fingerprint density at radius 3 is 3.00 bits per heavy atom.